The first-order valence-electron chi connectivity index (χ1n) is 30.8. The number of methoxy groups -OCH3 is 3. The number of aliphatic hydroxyl groups excluding tert-OH is 1. The summed E-state index contributed by atoms with van der Waals surface area (Å²) < 4.78 is 35.1. The Bertz CT molecular complexity index is 3360. The van der Waals surface area contributed by atoms with Gasteiger partial charge in [-0.05, 0) is 110 Å². The number of cyclic esters (lactones) is 2. The molecule has 0 aromatic heterocycles. The topological polar surface area (TPSA) is 269 Å². The standard InChI is InChI=1S/C70H86N6O16/c1-70(2)45-91-63(80)27-16-17-36-73(3)66(83)53(38-47-20-11-9-12-21-47)71-61(78)43-74(4)67(84)54(39-48-22-13-10-14-23-48)72-65(82)55(34-30-46-28-32-51(77)33-29-46)75(5)62(79)44-90-52-25-19-24-49(40-52)57(35-31-50-41-59(88-7)60(89-8)42-58(50)87-6)92-69(86)56-26-15-18-37-76(56)68(85)64(70)81/h9-14,16,19-25,27-29,32-33,40-42,53-57,64,77,81H,15,17-18,26,30-31,34-39,43-45H2,1-8H3,(H,71,78)(H,72,82)/t53-,54-,55+,56+,57-,64?/m1/s1. The molecule has 0 spiro atoms. The number of piperidine rings is 1. The molecule has 1 unspecified atom stereocenters. The summed E-state index contributed by atoms with van der Waals surface area (Å²) in [6.07, 6.45) is 2.38. The van der Waals surface area contributed by atoms with E-state index < -0.39 is 102 Å². The number of ether oxygens (including phenoxy) is 6. The highest BCUT2D eigenvalue weighted by atomic mass is 16.5. The fourth-order valence-corrected chi connectivity index (χ4v) is 11.1. The zero-order chi connectivity index (χ0) is 66.5. The number of hydrogen-bond acceptors (Lipinski definition) is 16. The van der Waals surface area contributed by atoms with E-state index in [2.05, 4.69) is 10.6 Å². The molecule has 5 aromatic carbocycles. The van der Waals surface area contributed by atoms with Gasteiger partial charge in [0.25, 0.3) is 11.8 Å². The Morgan fingerprint density at radius 1 is 0.641 bits per heavy atom. The summed E-state index contributed by atoms with van der Waals surface area (Å²) in [4.78, 5) is 120. The Balaban J connectivity index is 1.23. The maximum absolute atomic E-state index is 14.9. The molecule has 22 nitrogen and oxygen atoms in total. The van der Waals surface area contributed by atoms with Gasteiger partial charge in [-0.2, -0.15) is 0 Å². The molecule has 0 aliphatic carbocycles. The van der Waals surface area contributed by atoms with Gasteiger partial charge in [-0.1, -0.05) is 105 Å². The van der Waals surface area contributed by atoms with Crippen molar-refractivity contribution in [1.29, 1.82) is 0 Å². The average molecular weight is 1270 g/mol. The van der Waals surface area contributed by atoms with E-state index in [0.29, 0.717) is 46.8 Å². The van der Waals surface area contributed by atoms with Crippen LogP contribution in [-0.2, 0) is 73.5 Å². The average Bonchev–Trinajstić information content (AvgIpc) is 0.848. The number of aliphatic hydroxyl groups is 1. The molecule has 0 radical (unpaired) electrons. The van der Waals surface area contributed by atoms with Crippen LogP contribution in [0, 0.1) is 5.41 Å². The molecule has 6 atom stereocenters. The summed E-state index contributed by atoms with van der Waals surface area (Å²) in [5.41, 5.74) is 2.01. The van der Waals surface area contributed by atoms with Crippen LogP contribution in [0.4, 0.5) is 0 Å². The third-order valence-corrected chi connectivity index (χ3v) is 16.6. The predicted octanol–water partition coefficient (Wildman–Crippen LogP) is 6.12. The van der Waals surface area contributed by atoms with Crippen molar-refractivity contribution in [3.8, 4) is 28.7 Å². The summed E-state index contributed by atoms with van der Waals surface area (Å²) in [6, 6.07) is 29.9. The van der Waals surface area contributed by atoms with Crippen molar-refractivity contribution >= 4 is 47.4 Å². The van der Waals surface area contributed by atoms with Crippen molar-refractivity contribution in [2.75, 3.05) is 75.3 Å². The first-order chi connectivity index (χ1) is 44.1. The number of rotatable bonds is 13. The molecule has 1 saturated heterocycles. The highest BCUT2D eigenvalue weighted by Crippen LogP contribution is 2.38. The van der Waals surface area contributed by atoms with Gasteiger partial charge in [0.2, 0.25) is 23.6 Å². The Kier molecular flexibility index (Phi) is 25.6. The van der Waals surface area contributed by atoms with E-state index in [-0.39, 0.29) is 82.6 Å². The summed E-state index contributed by atoms with van der Waals surface area (Å²) in [6.45, 7) is 1.92. The van der Waals surface area contributed by atoms with Crippen LogP contribution in [0.25, 0.3) is 0 Å². The molecule has 7 rings (SSSR count). The number of nitrogens with one attached hydrogen (secondary N) is 2. The second-order valence-electron chi connectivity index (χ2n) is 23.8. The summed E-state index contributed by atoms with van der Waals surface area (Å²) in [7, 11) is 8.95. The Morgan fingerprint density at radius 2 is 1.27 bits per heavy atom. The first-order valence-corrected chi connectivity index (χ1v) is 30.8. The van der Waals surface area contributed by atoms with Crippen LogP contribution in [0.2, 0.25) is 0 Å². The largest absolute Gasteiger partial charge is 0.508 e. The molecule has 22 heteroatoms. The monoisotopic (exact) mass is 1270 g/mol. The molecule has 2 aliphatic heterocycles. The minimum absolute atomic E-state index is 0.00152. The summed E-state index contributed by atoms with van der Waals surface area (Å²) in [5, 5.41) is 27.5. The van der Waals surface area contributed by atoms with Crippen molar-refractivity contribution in [1.82, 2.24) is 30.2 Å². The van der Waals surface area contributed by atoms with Gasteiger partial charge >= 0.3 is 11.9 Å². The number of benzene rings is 5. The number of likely N-dealkylation sites (N-methyl/N-ethyl adjacent to an activating group) is 3. The Labute approximate surface area is 537 Å². The lowest BCUT2D eigenvalue weighted by Crippen LogP contribution is -2.57. The predicted molar refractivity (Wildman–Crippen MR) is 341 cm³/mol. The molecule has 1 fully saturated rings. The molecule has 6 amide bonds. The molecular weight excluding hydrogens is 1180 g/mol. The normalized spacial score (nSPS) is 21.6. The lowest BCUT2D eigenvalue weighted by Gasteiger charge is -2.39. The SMILES string of the molecule is COc1cc(OC)c(OC)cc1CC[C@H]1OC(=O)[C@@H]2CCCCN2C(=O)C(O)C(C)(C)COC(=O)C=CCCN(C)C(=O)[C@@H](Cc2ccccc2)NC(=O)CN(C)C(=O)[C@@H](Cc2ccccc2)NC(=O)[C@H](CCc2ccc(O)cc2)N(C)C(=O)COc2cccc1c2. The highest BCUT2D eigenvalue weighted by molar-refractivity contribution is 5.95. The van der Waals surface area contributed by atoms with E-state index in [1.165, 1.54) is 74.4 Å². The minimum atomic E-state index is -1.72. The number of nitrogens with zero attached hydrogens (tertiary/aromatic N) is 4. The van der Waals surface area contributed by atoms with Gasteiger partial charge in [-0.25, -0.2) is 9.59 Å². The van der Waals surface area contributed by atoms with Gasteiger partial charge in [0, 0.05) is 64.6 Å². The molecular formula is C70H86N6O16. The van der Waals surface area contributed by atoms with Gasteiger partial charge in [0.1, 0.15) is 53.6 Å². The van der Waals surface area contributed by atoms with Crippen molar-refractivity contribution in [3.63, 3.8) is 0 Å². The van der Waals surface area contributed by atoms with Crippen molar-refractivity contribution in [2.24, 2.45) is 5.41 Å². The van der Waals surface area contributed by atoms with E-state index in [1.807, 2.05) is 24.3 Å². The lowest BCUT2D eigenvalue weighted by atomic mass is 9.85. The molecule has 2 aliphatic rings. The van der Waals surface area contributed by atoms with Crippen LogP contribution in [0.15, 0.2) is 133 Å². The summed E-state index contributed by atoms with van der Waals surface area (Å²) in [5.74, 6) is -3.69. The Morgan fingerprint density at radius 3 is 1.92 bits per heavy atom. The van der Waals surface area contributed by atoms with E-state index in [1.54, 1.807) is 106 Å². The zero-order valence-corrected chi connectivity index (χ0v) is 53.7. The van der Waals surface area contributed by atoms with Gasteiger partial charge in [0.15, 0.2) is 18.1 Å². The number of phenolic OH excluding ortho intramolecular Hbond substituents is 1. The number of fused-ring (bicyclic) bond motifs is 3. The number of phenols is 1. The van der Waals surface area contributed by atoms with E-state index in [0.717, 1.165) is 16.0 Å². The zero-order valence-electron chi connectivity index (χ0n) is 53.7. The highest BCUT2D eigenvalue weighted by Gasteiger charge is 2.43. The van der Waals surface area contributed by atoms with Crippen LogP contribution >= 0.6 is 0 Å². The fraction of sp³-hybridized carbons (Fsp3) is 0.429. The van der Waals surface area contributed by atoms with Gasteiger partial charge in [-0.3, -0.25) is 28.8 Å². The second-order valence-corrected chi connectivity index (χ2v) is 23.8. The third kappa shape index (κ3) is 19.5. The number of amides is 6. The number of carbonyl (C=O) groups is 8. The molecule has 492 valence electrons. The van der Waals surface area contributed by atoms with Gasteiger partial charge in [0.05, 0.1) is 34.5 Å². The van der Waals surface area contributed by atoms with Crippen LogP contribution < -0.4 is 29.6 Å². The number of aryl methyl sites for hydroxylation is 2. The minimum Gasteiger partial charge on any atom is -0.508 e. The van der Waals surface area contributed by atoms with E-state index in [4.69, 9.17) is 28.4 Å². The van der Waals surface area contributed by atoms with Crippen molar-refractivity contribution in [3.05, 3.63) is 161 Å². The number of hydrogen-bond donors (Lipinski definition) is 4. The number of esters is 2. The second kappa shape index (κ2) is 33.6. The van der Waals surface area contributed by atoms with Gasteiger partial charge in [-0.15, -0.1) is 0 Å². The maximum Gasteiger partial charge on any atom is 0.330 e. The first kappa shape index (κ1) is 70.0. The quantitative estimate of drug-likeness (QED) is 0.0968. The number of carbonyl (C=O) groups excluding carboxylic acids is 8. The van der Waals surface area contributed by atoms with E-state index >= 15 is 0 Å². The molecule has 92 heavy (non-hydrogen) atoms. The van der Waals surface area contributed by atoms with Crippen LogP contribution in [-0.4, -0.2) is 183 Å². The third-order valence-electron chi connectivity index (χ3n) is 16.6. The molecule has 2 bridgehead atoms. The summed E-state index contributed by atoms with van der Waals surface area (Å²) >= 11 is 0. The van der Waals surface area contributed by atoms with Gasteiger partial charge < -0.3 is 68.9 Å². The van der Waals surface area contributed by atoms with Crippen molar-refractivity contribution in [2.45, 2.75) is 114 Å². The fourth-order valence-electron chi connectivity index (χ4n) is 11.1. The molecule has 4 N–H and O–H groups in total. The van der Waals surface area contributed by atoms with Crippen LogP contribution in [0.5, 0.6) is 28.7 Å². The van der Waals surface area contributed by atoms with E-state index in [9.17, 15) is 48.6 Å². The number of aromatic hydroxyl groups is 1. The van der Waals surface area contributed by atoms with Crippen LogP contribution in [0.1, 0.15) is 86.3 Å². The lowest BCUT2D eigenvalue weighted by molar-refractivity contribution is -0.168. The molecule has 0 saturated carbocycles. The Hall–Kier alpha value is -9.44. The van der Waals surface area contributed by atoms with Crippen LogP contribution in [0.3, 0.4) is 0 Å². The van der Waals surface area contributed by atoms with Crippen molar-refractivity contribution < 1.29 is 77.0 Å². The molecule has 5 aromatic rings. The molecule has 2 heterocycles. The smallest absolute Gasteiger partial charge is 0.330 e. The maximum atomic E-state index is 14.9.